The van der Waals surface area contributed by atoms with Gasteiger partial charge in [0.25, 0.3) is 0 Å². The number of nitrogens with zero attached hydrogens (tertiary/aromatic N) is 1. The van der Waals surface area contributed by atoms with Gasteiger partial charge in [-0.2, -0.15) is 0 Å². The van der Waals surface area contributed by atoms with E-state index in [0.717, 1.165) is 17.1 Å². The van der Waals surface area contributed by atoms with Gasteiger partial charge in [-0.15, -0.1) is 11.3 Å². The largest absolute Gasteiger partial charge is 0.310 e. The molecule has 0 N–H and O–H groups in total. The summed E-state index contributed by atoms with van der Waals surface area (Å²) in [4.78, 5) is 2.40. The first kappa shape index (κ1) is 30.4. The molecule has 0 atom stereocenters. The minimum absolute atomic E-state index is 1.11. The van der Waals surface area contributed by atoms with Crippen LogP contribution < -0.4 is 4.90 Å². The summed E-state index contributed by atoms with van der Waals surface area (Å²) >= 11 is 1.88. The van der Waals surface area contributed by atoms with Crippen LogP contribution in [0.25, 0.3) is 75.1 Å². The predicted octanol–water partition coefficient (Wildman–Crippen LogP) is 14.8. The third-order valence-electron chi connectivity index (χ3n) is 10.2. The minimum atomic E-state index is 1.11. The van der Waals surface area contributed by atoms with Crippen molar-refractivity contribution in [3.63, 3.8) is 0 Å². The fraction of sp³-hybridized carbons (Fsp3) is 0. The van der Waals surface area contributed by atoms with Gasteiger partial charge in [-0.1, -0.05) is 152 Å². The minimum Gasteiger partial charge on any atom is -0.310 e. The number of para-hydroxylation sites is 1. The van der Waals surface area contributed by atoms with Gasteiger partial charge in [0.1, 0.15) is 0 Å². The highest BCUT2D eigenvalue weighted by Crippen LogP contribution is 2.48. The van der Waals surface area contributed by atoms with Gasteiger partial charge in [-0.3, -0.25) is 0 Å². The summed E-state index contributed by atoms with van der Waals surface area (Å²) in [6.07, 6.45) is 0. The van der Waals surface area contributed by atoms with Gasteiger partial charge < -0.3 is 4.90 Å². The van der Waals surface area contributed by atoms with E-state index in [1.54, 1.807) is 0 Å². The SMILES string of the molecule is c1ccc(-c2cccc(-c3ccc(N(c4ccccc4)c4ccc(-c5c6ccccc6cc6sc7ccccc7c56)c5ccccc45)cc3)c2)cc1. The number of benzene rings is 9. The van der Waals surface area contributed by atoms with Crippen molar-refractivity contribution < 1.29 is 0 Å². The summed E-state index contributed by atoms with van der Waals surface area (Å²) in [5, 5.41) is 7.65. The van der Waals surface area contributed by atoms with Crippen molar-refractivity contribution >= 4 is 70.1 Å². The van der Waals surface area contributed by atoms with Crippen LogP contribution in [0.5, 0.6) is 0 Å². The second-order valence-electron chi connectivity index (χ2n) is 13.3. The smallest absolute Gasteiger partial charge is 0.0540 e. The van der Waals surface area contributed by atoms with Crippen molar-refractivity contribution in [1.82, 2.24) is 0 Å². The van der Waals surface area contributed by atoms with Gasteiger partial charge in [0.15, 0.2) is 0 Å². The zero-order valence-electron chi connectivity index (χ0n) is 28.4. The van der Waals surface area contributed by atoms with E-state index in [2.05, 4.69) is 205 Å². The van der Waals surface area contributed by atoms with E-state index < -0.39 is 0 Å². The first-order valence-electron chi connectivity index (χ1n) is 17.8. The zero-order chi connectivity index (χ0) is 34.4. The molecule has 0 saturated heterocycles. The van der Waals surface area contributed by atoms with Crippen molar-refractivity contribution in [2.45, 2.75) is 0 Å². The van der Waals surface area contributed by atoms with Crippen LogP contribution in [0.4, 0.5) is 17.1 Å². The molecule has 1 heterocycles. The Kier molecular flexibility index (Phi) is 7.41. The van der Waals surface area contributed by atoms with Crippen molar-refractivity contribution in [3.8, 4) is 33.4 Å². The van der Waals surface area contributed by atoms with Crippen LogP contribution in [0, 0.1) is 0 Å². The monoisotopic (exact) mass is 679 g/mol. The molecule has 0 aliphatic rings. The first-order valence-corrected chi connectivity index (χ1v) is 18.6. The molecule has 0 amide bonds. The average Bonchev–Trinajstić information content (AvgIpc) is 3.59. The molecule has 0 radical (unpaired) electrons. The fourth-order valence-corrected chi connectivity index (χ4v) is 9.01. The second-order valence-corrected chi connectivity index (χ2v) is 14.4. The Labute approximate surface area is 307 Å². The lowest BCUT2D eigenvalue weighted by molar-refractivity contribution is 1.30. The van der Waals surface area contributed by atoms with Crippen molar-refractivity contribution in [2.24, 2.45) is 0 Å². The molecule has 0 fully saturated rings. The van der Waals surface area contributed by atoms with Crippen LogP contribution >= 0.6 is 11.3 Å². The highest BCUT2D eigenvalue weighted by atomic mass is 32.1. The molecule has 1 aromatic heterocycles. The molecule has 0 saturated carbocycles. The molecule has 0 spiro atoms. The molecule has 0 aliphatic carbocycles. The highest BCUT2D eigenvalue weighted by molar-refractivity contribution is 7.26. The van der Waals surface area contributed by atoms with E-state index >= 15 is 0 Å². The Morgan fingerprint density at radius 2 is 0.923 bits per heavy atom. The molecule has 1 nitrogen and oxygen atoms in total. The van der Waals surface area contributed by atoms with Gasteiger partial charge in [0, 0.05) is 36.9 Å². The summed E-state index contributed by atoms with van der Waals surface area (Å²) in [7, 11) is 0. The Hall–Kier alpha value is -6.48. The van der Waals surface area contributed by atoms with E-state index in [9.17, 15) is 0 Å². The molecule has 2 heteroatoms. The van der Waals surface area contributed by atoms with Gasteiger partial charge in [-0.05, 0) is 98.1 Å². The Balaban J connectivity index is 1.15. The van der Waals surface area contributed by atoms with Crippen LogP contribution in [0.3, 0.4) is 0 Å². The van der Waals surface area contributed by atoms with Crippen LogP contribution in [-0.4, -0.2) is 0 Å². The maximum absolute atomic E-state index is 2.40. The quantitative estimate of drug-likeness (QED) is 0.169. The number of fused-ring (bicyclic) bond motifs is 5. The van der Waals surface area contributed by atoms with Crippen molar-refractivity contribution in [3.05, 3.63) is 200 Å². The van der Waals surface area contributed by atoms with Gasteiger partial charge in [0.05, 0.1) is 5.69 Å². The molecular formula is C50H33NS. The van der Waals surface area contributed by atoms with Crippen LogP contribution in [0.2, 0.25) is 0 Å². The molecule has 0 aliphatic heterocycles. The average molecular weight is 680 g/mol. The topological polar surface area (TPSA) is 3.24 Å². The molecule has 9 aromatic carbocycles. The summed E-state index contributed by atoms with van der Waals surface area (Å²) in [6.45, 7) is 0. The predicted molar refractivity (Wildman–Crippen MR) is 225 cm³/mol. The third-order valence-corrected chi connectivity index (χ3v) is 11.4. The van der Waals surface area contributed by atoms with Crippen molar-refractivity contribution in [2.75, 3.05) is 4.90 Å². The lowest BCUT2D eigenvalue weighted by atomic mass is 9.89. The Morgan fingerprint density at radius 3 is 1.69 bits per heavy atom. The maximum Gasteiger partial charge on any atom is 0.0540 e. The van der Waals surface area contributed by atoms with E-state index in [1.165, 1.54) is 75.1 Å². The standard InChI is InChI=1S/C50H33NS/c1-3-14-34(15-4-1)36-17-13-18-37(32-36)35-26-28-40(29-27-35)51(39-19-5-2-6-20-39)46-31-30-44(42-22-9-10-23-43(42)46)49-41-21-8-7-16-38(41)33-48-50(49)45-24-11-12-25-47(45)52-48/h1-33H. The van der Waals surface area contributed by atoms with Gasteiger partial charge >= 0.3 is 0 Å². The zero-order valence-corrected chi connectivity index (χ0v) is 29.2. The van der Waals surface area contributed by atoms with Crippen LogP contribution in [0.15, 0.2) is 200 Å². The number of thiophene rings is 1. The maximum atomic E-state index is 2.40. The summed E-state index contributed by atoms with van der Waals surface area (Å²) in [6, 6.07) is 72.8. The number of anilines is 3. The van der Waals surface area contributed by atoms with E-state index in [0.29, 0.717) is 0 Å². The summed E-state index contributed by atoms with van der Waals surface area (Å²) in [5.74, 6) is 0. The summed E-state index contributed by atoms with van der Waals surface area (Å²) < 4.78 is 2.64. The van der Waals surface area contributed by atoms with Gasteiger partial charge in [0.2, 0.25) is 0 Å². The lowest BCUT2D eigenvalue weighted by Crippen LogP contribution is -2.10. The second kappa shape index (κ2) is 12.7. The number of rotatable bonds is 6. The number of hydrogen-bond acceptors (Lipinski definition) is 2. The first-order chi connectivity index (χ1) is 25.8. The molecule has 10 aromatic rings. The third kappa shape index (κ3) is 5.16. The Bertz CT molecular complexity index is 2890. The molecular weight excluding hydrogens is 647 g/mol. The van der Waals surface area contributed by atoms with E-state index in [-0.39, 0.29) is 0 Å². The summed E-state index contributed by atoms with van der Waals surface area (Å²) in [5.41, 5.74) is 10.8. The lowest BCUT2D eigenvalue weighted by Gasteiger charge is -2.28. The van der Waals surface area contributed by atoms with Crippen molar-refractivity contribution in [1.29, 1.82) is 0 Å². The molecule has 52 heavy (non-hydrogen) atoms. The van der Waals surface area contributed by atoms with Crippen LogP contribution in [-0.2, 0) is 0 Å². The highest BCUT2D eigenvalue weighted by Gasteiger charge is 2.21. The molecule has 0 unspecified atom stereocenters. The van der Waals surface area contributed by atoms with E-state index in [1.807, 2.05) is 11.3 Å². The van der Waals surface area contributed by atoms with Crippen LogP contribution in [0.1, 0.15) is 0 Å². The molecule has 0 bridgehead atoms. The molecule has 244 valence electrons. The Morgan fingerprint density at radius 1 is 0.346 bits per heavy atom. The fourth-order valence-electron chi connectivity index (χ4n) is 7.84. The molecule has 10 rings (SSSR count). The number of hydrogen-bond donors (Lipinski definition) is 0. The van der Waals surface area contributed by atoms with E-state index in [4.69, 9.17) is 0 Å². The van der Waals surface area contributed by atoms with Gasteiger partial charge in [-0.25, -0.2) is 0 Å². The normalized spacial score (nSPS) is 11.5.